The average Bonchev–Trinajstić information content (AvgIpc) is 2.54. The van der Waals surface area contributed by atoms with Crippen molar-refractivity contribution in [3.05, 3.63) is 0 Å². The summed E-state index contributed by atoms with van der Waals surface area (Å²) in [6.45, 7) is 5.87. The lowest BCUT2D eigenvalue weighted by molar-refractivity contribution is -0.154. The van der Waals surface area contributed by atoms with Crippen LogP contribution >= 0.6 is 11.8 Å². The van der Waals surface area contributed by atoms with Crippen LogP contribution in [0.2, 0.25) is 0 Å². The number of nitrogens with one attached hydrogen (secondary N) is 1. The third-order valence-corrected chi connectivity index (χ3v) is 5.38. The summed E-state index contributed by atoms with van der Waals surface area (Å²) in [7, 11) is 0. The molecule has 120 valence electrons. The van der Waals surface area contributed by atoms with E-state index in [1.54, 1.807) is 23.6 Å². The zero-order valence-electron chi connectivity index (χ0n) is 13.0. The van der Waals surface area contributed by atoms with E-state index in [0.29, 0.717) is 24.8 Å². The normalized spacial score (nSPS) is 30.0. The van der Waals surface area contributed by atoms with Crippen molar-refractivity contribution in [1.29, 1.82) is 0 Å². The maximum absolute atomic E-state index is 12.8. The summed E-state index contributed by atoms with van der Waals surface area (Å²) >= 11 is 1.71. The topological polar surface area (TPSA) is 58.6 Å². The predicted molar refractivity (Wildman–Crippen MR) is 84.3 cm³/mol. The van der Waals surface area contributed by atoms with Gasteiger partial charge in [0, 0.05) is 18.1 Å². The van der Waals surface area contributed by atoms with Crippen LogP contribution in [0.4, 0.5) is 0 Å². The van der Waals surface area contributed by atoms with E-state index in [0.717, 1.165) is 31.6 Å². The van der Waals surface area contributed by atoms with Crippen molar-refractivity contribution < 1.29 is 14.3 Å². The molecule has 0 aromatic carbocycles. The van der Waals surface area contributed by atoms with Gasteiger partial charge in [-0.1, -0.05) is 13.3 Å². The Labute approximate surface area is 131 Å². The molecule has 5 nitrogen and oxygen atoms in total. The number of rotatable bonds is 4. The Bertz CT molecular complexity index is 378. The van der Waals surface area contributed by atoms with Crippen LogP contribution in [0.25, 0.3) is 0 Å². The van der Waals surface area contributed by atoms with Crippen molar-refractivity contribution >= 4 is 23.6 Å². The van der Waals surface area contributed by atoms with Gasteiger partial charge in [-0.05, 0) is 32.2 Å². The Balaban J connectivity index is 2.02. The second-order valence-corrected chi connectivity index (χ2v) is 6.83. The van der Waals surface area contributed by atoms with E-state index in [9.17, 15) is 9.59 Å². The minimum atomic E-state index is -0.417. The van der Waals surface area contributed by atoms with Gasteiger partial charge in [0.2, 0.25) is 5.91 Å². The molecule has 0 radical (unpaired) electrons. The molecule has 3 unspecified atom stereocenters. The van der Waals surface area contributed by atoms with Crippen LogP contribution in [0.5, 0.6) is 0 Å². The molecule has 0 aromatic rings. The van der Waals surface area contributed by atoms with E-state index in [1.807, 2.05) is 0 Å². The first-order chi connectivity index (χ1) is 10.2. The number of carbonyl (C=O) groups is 2. The number of thioether (sulfide) groups is 1. The fourth-order valence-electron chi connectivity index (χ4n) is 3.06. The third kappa shape index (κ3) is 4.13. The standard InChI is InChI=1S/C15H26N2O3S/c1-3-11-5-6-16-12(9-11)14(18)17-7-8-21-10-13(17)15(19)20-4-2/h11-13,16H,3-10H2,1-2H3. The number of amides is 1. The summed E-state index contributed by atoms with van der Waals surface area (Å²) in [5.41, 5.74) is 0. The van der Waals surface area contributed by atoms with Crippen molar-refractivity contribution in [1.82, 2.24) is 10.2 Å². The van der Waals surface area contributed by atoms with Gasteiger partial charge in [-0.2, -0.15) is 11.8 Å². The van der Waals surface area contributed by atoms with E-state index in [4.69, 9.17) is 4.74 Å². The van der Waals surface area contributed by atoms with Crippen molar-refractivity contribution in [3.8, 4) is 0 Å². The van der Waals surface area contributed by atoms with Crippen molar-refractivity contribution in [3.63, 3.8) is 0 Å². The largest absolute Gasteiger partial charge is 0.464 e. The molecule has 0 aliphatic carbocycles. The Kier molecular flexibility index (Phi) is 6.36. The number of ether oxygens (including phenoxy) is 1. The smallest absolute Gasteiger partial charge is 0.329 e. The van der Waals surface area contributed by atoms with Crippen LogP contribution in [-0.2, 0) is 14.3 Å². The molecule has 0 bridgehead atoms. The van der Waals surface area contributed by atoms with Gasteiger partial charge in [0.25, 0.3) is 0 Å². The highest BCUT2D eigenvalue weighted by Crippen LogP contribution is 2.24. The van der Waals surface area contributed by atoms with Crippen LogP contribution in [0.1, 0.15) is 33.1 Å². The van der Waals surface area contributed by atoms with E-state index in [1.165, 1.54) is 0 Å². The molecule has 0 saturated carbocycles. The Morgan fingerprint density at radius 3 is 2.90 bits per heavy atom. The molecule has 1 amide bonds. The van der Waals surface area contributed by atoms with Crippen LogP contribution in [0.3, 0.4) is 0 Å². The minimum absolute atomic E-state index is 0.0755. The molecule has 3 atom stereocenters. The number of hydrogen-bond acceptors (Lipinski definition) is 5. The first kappa shape index (κ1) is 16.6. The Morgan fingerprint density at radius 2 is 2.19 bits per heavy atom. The lowest BCUT2D eigenvalue weighted by Crippen LogP contribution is -2.57. The molecule has 21 heavy (non-hydrogen) atoms. The predicted octanol–water partition coefficient (Wildman–Crippen LogP) is 1.27. The van der Waals surface area contributed by atoms with Gasteiger partial charge in [0.15, 0.2) is 0 Å². The second-order valence-electron chi connectivity index (χ2n) is 5.68. The molecule has 2 heterocycles. The molecule has 2 aliphatic rings. The van der Waals surface area contributed by atoms with Crippen molar-refractivity contribution in [2.75, 3.05) is 31.2 Å². The van der Waals surface area contributed by atoms with Crippen LogP contribution in [0, 0.1) is 5.92 Å². The van der Waals surface area contributed by atoms with E-state index < -0.39 is 6.04 Å². The zero-order chi connectivity index (χ0) is 15.2. The highest BCUT2D eigenvalue weighted by Gasteiger charge is 2.37. The molecule has 0 spiro atoms. The molecule has 2 fully saturated rings. The van der Waals surface area contributed by atoms with Crippen molar-refractivity contribution in [2.45, 2.75) is 45.2 Å². The first-order valence-corrected chi connectivity index (χ1v) is 9.11. The summed E-state index contributed by atoms with van der Waals surface area (Å²) < 4.78 is 5.12. The Morgan fingerprint density at radius 1 is 1.38 bits per heavy atom. The maximum Gasteiger partial charge on any atom is 0.329 e. The molecule has 2 saturated heterocycles. The number of esters is 1. The maximum atomic E-state index is 12.8. The number of nitrogens with zero attached hydrogens (tertiary/aromatic N) is 1. The molecular formula is C15H26N2O3S. The van der Waals surface area contributed by atoms with Gasteiger partial charge >= 0.3 is 5.97 Å². The van der Waals surface area contributed by atoms with Gasteiger partial charge in [-0.25, -0.2) is 4.79 Å². The lowest BCUT2D eigenvalue weighted by atomic mass is 9.89. The van der Waals surface area contributed by atoms with Gasteiger partial charge in [0.05, 0.1) is 12.6 Å². The Hall–Kier alpha value is -0.750. The molecule has 6 heteroatoms. The third-order valence-electron chi connectivity index (χ3n) is 4.36. The SMILES string of the molecule is CCOC(=O)C1CSCCN1C(=O)C1CC(CC)CCN1. The zero-order valence-corrected chi connectivity index (χ0v) is 13.8. The van der Waals surface area contributed by atoms with E-state index in [2.05, 4.69) is 12.2 Å². The lowest BCUT2D eigenvalue weighted by Gasteiger charge is -2.38. The van der Waals surface area contributed by atoms with E-state index >= 15 is 0 Å². The fraction of sp³-hybridized carbons (Fsp3) is 0.867. The number of carbonyl (C=O) groups excluding carboxylic acids is 2. The van der Waals surface area contributed by atoms with Crippen molar-refractivity contribution in [2.24, 2.45) is 5.92 Å². The molecule has 2 aliphatic heterocycles. The number of hydrogen-bond donors (Lipinski definition) is 1. The summed E-state index contributed by atoms with van der Waals surface area (Å²) in [5, 5.41) is 3.32. The molecular weight excluding hydrogens is 288 g/mol. The van der Waals surface area contributed by atoms with Gasteiger partial charge < -0.3 is 15.0 Å². The molecule has 0 aromatic heterocycles. The van der Waals surface area contributed by atoms with Crippen LogP contribution in [0.15, 0.2) is 0 Å². The van der Waals surface area contributed by atoms with Crippen LogP contribution < -0.4 is 5.32 Å². The highest BCUT2D eigenvalue weighted by atomic mass is 32.2. The van der Waals surface area contributed by atoms with Gasteiger partial charge in [-0.15, -0.1) is 0 Å². The van der Waals surface area contributed by atoms with Crippen LogP contribution in [-0.4, -0.2) is 60.1 Å². The second kappa shape index (κ2) is 8.03. The summed E-state index contributed by atoms with van der Waals surface area (Å²) in [6.07, 6.45) is 3.13. The monoisotopic (exact) mass is 314 g/mol. The first-order valence-electron chi connectivity index (χ1n) is 7.95. The quantitative estimate of drug-likeness (QED) is 0.792. The summed E-state index contributed by atoms with van der Waals surface area (Å²) in [5.74, 6) is 1.97. The highest BCUT2D eigenvalue weighted by molar-refractivity contribution is 7.99. The van der Waals surface area contributed by atoms with E-state index in [-0.39, 0.29) is 17.9 Å². The number of piperidine rings is 1. The van der Waals surface area contributed by atoms with Gasteiger partial charge in [-0.3, -0.25) is 4.79 Å². The van der Waals surface area contributed by atoms with Gasteiger partial charge in [0.1, 0.15) is 6.04 Å². The molecule has 1 N–H and O–H groups in total. The minimum Gasteiger partial charge on any atom is -0.464 e. The average molecular weight is 314 g/mol. The summed E-state index contributed by atoms with van der Waals surface area (Å²) in [4.78, 5) is 26.6. The fourth-order valence-corrected chi connectivity index (χ4v) is 4.09. The summed E-state index contributed by atoms with van der Waals surface area (Å²) in [6, 6.07) is -0.552. The molecule has 2 rings (SSSR count).